The van der Waals surface area contributed by atoms with Crippen LogP contribution in [0.15, 0.2) is 22.0 Å². The number of nitrogens with zero attached hydrogens (tertiary/aromatic N) is 2. The van der Waals surface area contributed by atoms with Crippen molar-refractivity contribution in [2.45, 2.75) is 39.2 Å². The van der Waals surface area contributed by atoms with E-state index >= 15 is 0 Å². The normalized spacial score (nSPS) is 12.8. The van der Waals surface area contributed by atoms with E-state index in [-0.39, 0.29) is 0 Å². The molecule has 1 unspecified atom stereocenters. The molecule has 5 heteroatoms. The van der Waals surface area contributed by atoms with Gasteiger partial charge in [-0.1, -0.05) is 13.8 Å². The van der Waals surface area contributed by atoms with Crippen molar-refractivity contribution in [3.05, 3.63) is 38.3 Å². The maximum absolute atomic E-state index is 4.58. The van der Waals surface area contributed by atoms with Crippen molar-refractivity contribution in [2.75, 3.05) is 6.54 Å². The van der Waals surface area contributed by atoms with E-state index in [1.807, 2.05) is 23.1 Å². The van der Waals surface area contributed by atoms with Gasteiger partial charge in [-0.3, -0.25) is 4.68 Å². The third-order valence-corrected chi connectivity index (χ3v) is 5.01. The standard InChI is InChI=1S/C15H22BrN3S/c1-4-8-17-13(10-12-6-7-15(16)20-12)14-9-11(5-2)18-19(14)3/h6-7,9,13,17H,4-5,8,10H2,1-3H3. The van der Waals surface area contributed by atoms with Crippen LogP contribution >= 0.6 is 27.3 Å². The molecule has 1 N–H and O–H groups in total. The highest BCUT2D eigenvalue weighted by atomic mass is 79.9. The molecule has 0 saturated heterocycles. The van der Waals surface area contributed by atoms with Gasteiger partial charge in [0.1, 0.15) is 0 Å². The molecule has 2 heterocycles. The molecule has 0 aliphatic heterocycles. The first-order chi connectivity index (χ1) is 9.63. The number of thiophene rings is 1. The zero-order chi connectivity index (χ0) is 14.5. The Hall–Kier alpha value is -0.650. The predicted octanol–water partition coefficient (Wildman–Crippen LogP) is 4.09. The van der Waals surface area contributed by atoms with E-state index in [4.69, 9.17) is 0 Å². The van der Waals surface area contributed by atoms with Crippen LogP contribution in [0.4, 0.5) is 0 Å². The van der Waals surface area contributed by atoms with Gasteiger partial charge in [0, 0.05) is 18.3 Å². The van der Waals surface area contributed by atoms with Crippen molar-refractivity contribution in [2.24, 2.45) is 7.05 Å². The van der Waals surface area contributed by atoms with Gasteiger partial charge in [-0.2, -0.15) is 5.10 Å². The van der Waals surface area contributed by atoms with Gasteiger partial charge in [0.05, 0.1) is 21.2 Å². The Kier molecular flexibility index (Phi) is 5.81. The van der Waals surface area contributed by atoms with Crippen LogP contribution in [0, 0.1) is 0 Å². The number of hydrogen-bond donors (Lipinski definition) is 1. The van der Waals surface area contributed by atoms with E-state index in [2.05, 4.69) is 58.4 Å². The van der Waals surface area contributed by atoms with Crippen molar-refractivity contribution < 1.29 is 0 Å². The van der Waals surface area contributed by atoms with Crippen LogP contribution in [-0.2, 0) is 19.9 Å². The fraction of sp³-hybridized carbons (Fsp3) is 0.533. The highest BCUT2D eigenvalue weighted by molar-refractivity contribution is 9.11. The molecule has 0 fully saturated rings. The molecular weight excluding hydrogens is 334 g/mol. The first kappa shape index (κ1) is 15.7. The minimum absolute atomic E-state index is 0.332. The summed E-state index contributed by atoms with van der Waals surface area (Å²) >= 11 is 5.35. The molecule has 0 spiro atoms. The summed E-state index contributed by atoms with van der Waals surface area (Å²) < 4.78 is 3.22. The molecule has 2 aromatic rings. The molecule has 0 saturated carbocycles. The van der Waals surface area contributed by atoms with Crippen LogP contribution in [0.5, 0.6) is 0 Å². The van der Waals surface area contributed by atoms with Crippen LogP contribution in [-0.4, -0.2) is 16.3 Å². The number of rotatable bonds is 7. The van der Waals surface area contributed by atoms with E-state index in [1.165, 1.54) is 14.4 Å². The molecule has 0 aliphatic carbocycles. The predicted molar refractivity (Wildman–Crippen MR) is 89.3 cm³/mol. The molecule has 0 aliphatic rings. The molecule has 1 atom stereocenters. The molecule has 110 valence electrons. The zero-order valence-electron chi connectivity index (χ0n) is 12.3. The monoisotopic (exact) mass is 355 g/mol. The number of aryl methyl sites for hydroxylation is 2. The van der Waals surface area contributed by atoms with E-state index in [1.54, 1.807) is 0 Å². The largest absolute Gasteiger partial charge is 0.308 e. The fourth-order valence-corrected chi connectivity index (χ4v) is 3.83. The van der Waals surface area contributed by atoms with Gasteiger partial charge in [0.25, 0.3) is 0 Å². The second kappa shape index (κ2) is 7.38. The molecule has 0 amide bonds. The van der Waals surface area contributed by atoms with Gasteiger partial charge < -0.3 is 5.32 Å². The Bertz CT molecular complexity index is 547. The molecule has 0 aromatic carbocycles. The Morgan fingerprint density at radius 3 is 2.75 bits per heavy atom. The molecular formula is C15H22BrN3S. The maximum Gasteiger partial charge on any atom is 0.0701 e. The highest BCUT2D eigenvalue weighted by Crippen LogP contribution is 2.27. The Labute approximate surface area is 133 Å². The van der Waals surface area contributed by atoms with Crippen molar-refractivity contribution in [1.29, 1.82) is 0 Å². The van der Waals surface area contributed by atoms with Crippen LogP contribution in [0.25, 0.3) is 0 Å². The second-order valence-electron chi connectivity index (χ2n) is 4.95. The fourth-order valence-electron chi connectivity index (χ4n) is 2.30. The van der Waals surface area contributed by atoms with Crippen LogP contribution in [0.2, 0.25) is 0 Å². The Morgan fingerprint density at radius 1 is 1.40 bits per heavy atom. The van der Waals surface area contributed by atoms with Crippen LogP contribution < -0.4 is 5.32 Å². The summed E-state index contributed by atoms with van der Waals surface area (Å²) in [7, 11) is 2.04. The number of aromatic nitrogens is 2. The molecule has 0 bridgehead atoms. The average molecular weight is 356 g/mol. The minimum Gasteiger partial charge on any atom is -0.308 e. The second-order valence-corrected chi connectivity index (χ2v) is 7.50. The van der Waals surface area contributed by atoms with Gasteiger partial charge in [0.2, 0.25) is 0 Å². The summed E-state index contributed by atoms with van der Waals surface area (Å²) in [6, 6.07) is 6.89. The smallest absolute Gasteiger partial charge is 0.0701 e. The molecule has 2 aromatic heterocycles. The van der Waals surface area contributed by atoms with Gasteiger partial charge in [0.15, 0.2) is 0 Å². The summed E-state index contributed by atoms with van der Waals surface area (Å²) in [5.41, 5.74) is 2.44. The Balaban J connectivity index is 2.19. The van der Waals surface area contributed by atoms with Crippen LogP contribution in [0.3, 0.4) is 0 Å². The third kappa shape index (κ3) is 3.93. The van der Waals surface area contributed by atoms with Gasteiger partial charge in [-0.05, 0) is 53.5 Å². The van der Waals surface area contributed by atoms with E-state index in [9.17, 15) is 0 Å². The summed E-state index contributed by atoms with van der Waals surface area (Å²) in [5.74, 6) is 0. The van der Waals surface area contributed by atoms with E-state index < -0.39 is 0 Å². The molecule has 0 radical (unpaired) electrons. The number of hydrogen-bond acceptors (Lipinski definition) is 3. The molecule has 3 nitrogen and oxygen atoms in total. The van der Waals surface area contributed by atoms with Crippen molar-refractivity contribution >= 4 is 27.3 Å². The lowest BCUT2D eigenvalue weighted by molar-refractivity contribution is 0.495. The summed E-state index contributed by atoms with van der Waals surface area (Å²) in [6.07, 6.45) is 3.14. The topological polar surface area (TPSA) is 29.9 Å². The first-order valence-electron chi connectivity index (χ1n) is 7.14. The summed E-state index contributed by atoms with van der Waals surface area (Å²) in [4.78, 5) is 1.39. The van der Waals surface area contributed by atoms with Crippen molar-refractivity contribution in [3.63, 3.8) is 0 Å². The first-order valence-corrected chi connectivity index (χ1v) is 8.75. The lowest BCUT2D eigenvalue weighted by Gasteiger charge is -2.18. The summed E-state index contributed by atoms with van der Waals surface area (Å²) in [6.45, 7) is 5.38. The maximum atomic E-state index is 4.58. The average Bonchev–Trinajstić information content (AvgIpc) is 3.00. The van der Waals surface area contributed by atoms with Gasteiger partial charge in [-0.25, -0.2) is 0 Å². The van der Waals surface area contributed by atoms with E-state index in [0.29, 0.717) is 6.04 Å². The highest BCUT2D eigenvalue weighted by Gasteiger charge is 2.17. The van der Waals surface area contributed by atoms with Crippen molar-refractivity contribution in [3.8, 4) is 0 Å². The van der Waals surface area contributed by atoms with Crippen molar-refractivity contribution in [1.82, 2.24) is 15.1 Å². The lowest BCUT2D eigenvalue weighted by Crippen LogP contribution is -2.25. The summed E-state index contributed by atoms with van der Waals surface area (Å²) in [5, 5.41) is 8.23. The van der Waals surface area contributed by atoms with E-state index in [0.717, 1.165) is 31.5 Å². The van der Waals surface area contributed by atoms with Gasteiger partial charge >= 0.3 is 0 Å². The van der Waals surface area contributed by atoms with Crippen LogP contribution in [0.1, 0.15) is 42.6 Å². The SMILES string of the molecule is CCCNC(Cc1ccc(Br)s1)c1cc(CC)nn1C. The number of halogens is 1. The zero-order valence-corrected chi connectivity index (χ0v) is 14.7. The Morgan fingerprint density at radius 2 is 2.20 bits per heavy atom. The quantitative estimate of drug-likeness (QED) is 0.810. The number of nitrogens with one attached hydrogen (secondary N) is 1. The van der Waals surface area contributed by atoms with Gasteiger partial charge in [-0.15, -0.1) is 11.3 Å². The molecule has 20 heavy (non-hydrogen) atoms. The molecule has 2 rings (SSSR count). The third-order valence-electron chi connectivity index (χ3n) is 3.36. The lowest BCUT2D eigenvalue weighted by atomic mass is 10.1. The minimum atomic E-state index is 0.332.